The molecular formula is C17H14N2OS. The summed E-state index contributed by atoms with van der Waals surface area (Å²) in [6.45, 7) is 0. The Morgan fingerprint density at radius 2 is 1.24 bits per heavy atom. The van der Waals surface area contributed by atoms with E-state index in [4.69, 9.17) is 0 Å². The highest BCUT2D eigenvalue weighted by atomic mass is 32.2. The lowest BCUT2D eigenvalue weighted by molar-refractivity contribution is -0.112. The number of ketones is 1. The molecule has 21 heavy (non-hydrogen) atoms. The summed E-state index contributed by atoms with van der Waals surface area (Å²) in [4.78, 5) is 20.5. The maximum absolute atomic E-state index is 12.6. The molecule has 104 valence electrons. The molecule has 0 bridgehead atoms. The summed E-state index contributed by atoms with van der Waals surface area (Å²) in [5.41, 5.74) is 3.72. The Labute approximate surface area is 127 Å². The molecule has 2 aromatic rings. The molecule has 0 saturated carbocycles. The Bertz CT molecular complexity index is 634. The van der Waals surface area contributed by atoms with Gasteiger partial charge in [-0.3, -0.25) is 14.8 Å². The number of pyridine rings is 2. The zero-order valence-corrected chi connectivity index (χ0v) is 12.2. The fraction of sp³-hybridized carbons (Fsp3) is 0.118. The van der Waals surface area contributed by atoms with Crippen molar-refractivity contribution in [3.8, 4) is 0 Å². The van der Waals surface area contributed by atoms with Crippen LogP contribution in [0.2, 0.25) is 0 Å². The predicted molar refractivity (Wildman–Crippen MR) is 86.8 cm³/mol. The van der Waals surface area contributed by atoms with Gasteiger partial charge in [-0.25, -0.2) is 0 Å². The molecule has 3 rings (SSSR count). The van der Waals surface area contributed by atoms with E-state index < -0.39 is 0 Å². The van der Waals surface area contributed by atoms with Gasteiger partial charge in [-0.2, -0.15) is 11.8 Å². The monoisotopic (exact) mass is 294 g/mol. The van der Waals surface area contributed by atoms with Gasteiger partial charge in [0.1, 0.15) is 0 Å². The number of aromatic nitrogens is 2. The predicted octanol–water partition coefficient (Wildman–Crippen LogP) is 3.26. The van der Waals surface area contributed by atoms with Gasteiger partial charge in [0.15, 0.2) is 5.78 Å². The van der Waals surface area contributed by atoms with Crippen molar-refractivity contribution in [2.24, 2.45) is 0 Å². The van der Waals surface area contributed by atoms with Crippen LogP contribution >= 0.6 is 11.8 Å². The van der Waals surface area contributed by atoms with Crippen LogP contribution in [-0.2, 0) is 4.79 Å². The van der Waals surface area contributed by atoms with E-state index in [9.17, 15) is 4.79 Å². The van der Waals surface area contributed by atoms with Crippen LogP contribution in [0.1, 0.15) is 11.1 Å². The SMILES string of the molecule is O=C1/C(=C/c2ccncc2)CSC/C1=C\c1ccncc1. The molecule has 1 fully saturated rings. The number of hydrogen-bond acceptors (Lipinski definition) is 4. The molecule has 1 aliphatic rings. The standard InChI is InChI=1S/C17H14N2OS/c20-17-15(9-13-1-5-18-6-2-13)11-21-12-16(17)10-14-3-7-19-8-4-14/h1-10H,11-12H2/b15-9+,16-10+. The van der Waals surface area contributed by atoms with Gasteiger partial charge in [0.2, 0.25) is 0 Å². The highest BCUT2D eigenvalue weighted by molar-refractivity contribution is 7.99. The summed E-state index contributed by atoms with van der Waals surface area (Å²) in [7, 11) is 0. The first-order chi connectivity index (χ1) is 10.3. The molecule has 3 nitrogen and oxygen atoms in total. The summed E-state index contributed by atoms with van der Waals surface area (Å²) < 4.78 is 0. The summed E-state index contributed by atoms with van der Waals surface area (Å²) >= 11 is 1.76. The number of thioether (sulfide) groups is 1. The van der Waals surface area contributed by atoms with E-state index in [0.29, 0.717) is 0 Å². The third kappa shape index (κ3) is 3.47. The molecule has 0 spiro atoms. The van der Waals surface area contributed by atoms with Crippen molar-refractivity contribution in [1.82, 2.24) is 9.97 Å². The van der Waals surface area contributed by atoms with Crippen LogP contribution in [0.4, 0.5) is 0 Å². The van der Waals surface area contributed by atoms with Crippen LogP contribution in [-0.4, -0.2) is 27.3 Å². The first-order valence-corrected chi connectivity index (χ1v) is 7.82. The molecule has 1 saturated heterocycles. The van der Waals surface area contributed by atoms with Gasteiger partial charge >= 0.3 is 0 Å². The van der Waals surface area contributed by atoms with Crippen LogP contribution in [0.15, 0.2) is 60.2 Å². The molecule has 0 aromatic carbocycles. The average molecular weight is 294 g/mol. The van der Waals surface area contributed by atoms with Crippen molar-refractivity contribution < 1.29 is 4.79 Å². The lowest BCUT2D eigenvalue weighted by Crippen LogP contribution is -2.16. The number of carbonyl (C=O) groups is 1. The van der Waals surface area contributed by atoms with Crippen LogP contribution in [0.3, 0.4) is 0 Å². The van der Waals surface area contributed by atoms with E-state index in [1.807, 2.05) is 36.4 Å². The normalized spacial score (nSPS) is 19.1. The molecule has 2 aromatic heterocycles. The number of carbonyl (C=O) groups excluding carboxylic acids is 1. The summed E-state index contributed by atoms with van der Waals surface area (Å²) in [5, 5.41) is 0. The third-order valence-electron chi connectivity index (χ3n) is 3.19. The second kappa shape index (κ2) is 6.50. The molecule has 1 aliphatic heterocycles. The molecule has 0 unspecified atom stereocenters. The largest absolute Gasteiger partial charge is 0.289 e. The van der Waals surface area contributed by atoms with E-state index in [-0.39, 0.29) is 5.78 Å². The van der Waals surface area contributed by atoms with E-state index in [1.54, 1.807) is 36.5 Å². The fourth-order valence-electron chi connectivity index (χ4n) is 2.14. The van der Waals surface area contributed by atoms with Crippen LogP contribution < -0.4 is 0 Å². The summed E-state index contributed by atoms with van der Waals surface area (Å²) in [6, 6.07) is 7.63. The van der Waals surface area contributed by atoms with Crippen molar-refractivity contribution in [2.75, 3.05) is 11.5 Å². The minimum absolute atomic E-state index is 0.141. The summed E-state index contributed by atoms with van der Waals surface area (Å²) in [6.07, 6.45) is 10.9. The lowest BCUT2D eigenvalue weighted by Gasteiger charge is -2.16. The first-order valence-electron chi connectivity index (χ1n) is 6.66. The van der Waals surface area contributed by atoms with Gasteiger partial charge in [0, 0.05) is 47.4 Å². The van der Waals surface area contributed by atoms with Gasteiger partial charge in [-0.15, -0.1) is 0 Å². The van der Waals surface area contributed by atoms with Crippen molar-refractivity contribution in [3.05, 3.63) is 71.3 Å². The summed E-state index contributed by atoms with van der Waals surface area (Å²) in [5.74, 6) is 1.66. The highest BCUT2D eigenvalue weighted by Crippen LogP contribution is 2.26. The Morgan fingerprint density at radius 3 is 1.67 bits per heavy atom. The Morgan fingerprint density at radius 1 is 0.810 bits per heavy atom. The Balaban J connectivity index is 1.88. The van der Waals surface area contributed by atoms with E-state index in [0.717, 1.165) is 33.8 Å². The molecule has 0 amide bonds. The van der Waals surface area contributed by atoms with Crippen LogP contribution in [0.25, 0.3) is 12.2 Å². The van der Waals surface area contributed by atoms with Crippen LogP contribution in [0.5, 0.6) is 0 Å². The minimum Gasteiger partial charge on any atom is -0.289 e. The molecule has 3 heterocycles. The van der Waals surface area contributed by atoms with Gasteiger partial charge < -0.3 is 0 Å². The maximum Gasteiger partial charge on any atom is 0.186 e. The molecular weight excluding hydrogens is 280 g/mol. The number of rotatable bonds is 2. The number of hydrogen-bond donors (Lipinski definition) is 0. The molecule has 0 N–H and O–H groups in total. The number of nitrogens with zero attached hydrogens (tertiary/aromatic N) is 2. The smallest absolute Gasteiger partial charge is 0.186 e. The zero-order chi connectivity index (χ0) is 14.5. The van der Waals surface area contributed by atoms with Crippen molar-refractivity contribution >= 4 is 29.7 Å². The van der Waals surface area contributed by atoms with E-state index in [1.165, 1.54) is 0 Å². The third-order valence-corrected chi connectivity index (χ3v) is 4.22. The zero-order valence-electron chi connectivity index (χ0n) is 11.4. The van der Waals surface area contributed by atoms with Crippen LogP contribution in [0, 0.1) is 0 Å². The van der Waals surface area contributed by atoms with Gasteiger partial charge in [0.05, 0.1) is 0 Å². The first kappa shape index (κ1) is 13.8. The second-order valence-corrected chi connectivity index (χ2v) is 5.71. The fourth-order valence-corrected chi connectivity index (χ4v) is 3.12. The van der Waals surface area contributed by atoms with E-state index in [2.05, 4.69) is 9.97 Å². The minimum atomic E-state index is 0.141. The molecule has 0 atom stereocenters. The maximum atomic E-state index is 12.6. The topological polar surface area (TPSA) is 42.9 Å². The lowest BCUT2D eigenvalue weighted by atomic mass is 10.0. The van der Waals surface area contributed by atoms with Gasteiger partial charge in [-0.05, 0) is 47.5 Å². The van der Waals surface area contributed by atoms with Gasteiger partial charge in [-0.1, -0.05) is 0 Å². The van der Waals surface area contributed by atoms with Gasteiger partial charge in [0.25, 0.3) is 0 Å². The molecule has 0 radical (unpaired) electrons. The Hall–Kier alpha value is -2.20. The quantitative estimate of drug-likeness (QED) is 0.797. The van der Waals surface area contributed by atoms with Crippen molar-refractivity contribution in [3.63, 3.8) is 0 Å². The Kier molecular flexibility index (Phi) is 4.26. The molecule has 0 aliphatic carbocycles. The van der Waals surface area contributed by atoms with E-state index >= 15 is 0 Å². The number of Topliss-reactive ketones (excluding diaryl/α,β-unsaturated/α-hetero) is 1. The highest BCUT2D eigenvalue weighted by Gasteiger charge is 2.20. The second-order valence-electron chi connectivity index (χ2n) is 4.72. The van der Waals surface area contributed by atoms with Crippen molar-refractivity contribution in [2.45, 2.75) is 0 Å². The molecule has 4 heteroatoms. The average Bonchev–Trinajstić information content (AvgIpc) is 2.53. The van der Waals surface area contributed by atoms with Crippen molar-refractivity contribution in [1.29, 1.82) is 0 Å².